The molecule has 1 heterocycles. The van der Waals surface area contributed by atoms with E-state index in [1.54, 1.807) is 0 Å². The van der Waals surface area contributed by atoms with Crippen molar-refractivity contribution in [1.29, 1.82) is 0 Å². The Kier molecular flexibility index (Phi) is 2.54. The van der Waals surface area contributed by atoms with Crippen molar-refractivity contribution < 1.29 is 0 Å². The first-order valence-electron chi connectivity index (χ1n) is 4.15. The average molecular weight is 161 g/mol. The molecule has 0 fully saturated rings. The topological polar surface area (TPSA) is 15.8 Å². The molecule has 1 N–H and O–H groups in total. The van der Waals surface area contributed by atoms with Crippen LogP contribution in [0.2, 0.25) is 0 Å². The van der Waals surface area contributed by atoms with Crippen molar-refractivity contribution in [2.45, 2.75) is 20.8 Å². The summed E-state index contributed by atoms with van der Waals surface area (Å²) in [5, 5.41) is 0. The normalized spacial score (nSPS) is 10.9. The van der Waals surface area contributed by atoms with Gasteiger partial charge < -0.3 is 4.98 Å². The van der Waals surface area contributed by atoms with Crippen LogP contribution in [0.1, 0.15) is 29.4 Å². The maximum absolute atomic E-state index is 3.79. The van der Waals surface area contributed by atoms with Gasteiger partial charge in [-0.3, -0.25) is 0 Å². The molecule has 0 saturated heterocycles. The molecule has 1 heteroatoms. The smallest absolute Gasteiger partial charge is 0.0455 e. The number of nitrogens with one attached hydrogen (secondary N) is 1. The average Bonchev–Trinajstić information content (AvgIpc) is 2.29. The standard InChI is InChI=1S/C11H15N/c1-5-7-11-10(6-2)8(3)9(4)12-11/h5-7,12H,2H2,1,3-4H3/b7-5-. The molecule has 0 radical (unpaired) electrons. The highest BCUT2D eigenvalue weighted by Crippen LogP contribution is 2.19. The van der Waals surface area contributed by atoms with E-state index in [0.717, 1.165) is 5.69 Å². The molecule has 0 aliphatic heterocycles. The fourth-order valence-corrected chi connectivity index (χ4v) is 1.33. The molecule has 1 aromatic heterocycles. The quantitative estimate of drug-likeness (QED) is 0.685. The van der Waals surface area contributed by atoms with E-state index in [4.69, 9.17) is 0 Å². The second-order valence-electron chi connectivity index (χ2n) is 2.91. The van der Waals surface area contributed by atoms with E-state index in [-0.39, 0.29) is 0 Å². The Bertz CT molecular complexity index is 316. The molecule has 12 heavy (non-hydrogen) atoms. The van der Waals surface area contributed by atoms with Crippen molar-refractivity contribution in [1.82, 2.24) is 4.98 Å². The van der Waals surface area contributed by atoms with Crippen LogP contribution in [-0.2, 0) is 0 Å². The van der Waals surface area contributed by atoms with Crippen LogP contribution in [-0.4, -0.2) is 4.98 Å². The largest absolute Gasteiger partial charge is 0.358 e. The zero-order chi connectivity index (χ0) is 9.14. The zero-order valence-electron chi connectivity index (χ0n) is 7.94. The predicted molar refractivity (Wildman–Crippen MR) is 55.1 cm³/mol. The van der Waals surface area contributed by atoms with Crippen LogP contribution in [0.4, 0.5) is 0 Å². The fourth-order valence-electron chi connectivity index (χ4n) is 1.33. The van der Waals surface area contributed by atoms with E-state index in [2.05, 4.69) is 31.5 Å². The number of aryl methyl sites for hydroxylation is 1. The molecule has 0 aromatic carbocycles. The summed E-state index contributed by atoms with van der Waals surface area (Å²) in [4.78, 5) is 3.31. The summed E-state index contributed by atoms with van der Waals surface area (Å²) in [5.41, 5.74) is 4.88. The molecule has 0 saturated carbocycles. The first-order chi connectivity index (χ1) is 5.70. The lowest BCUT2D eigenvalue weighted by Gasteiger charge is -1.92. The Balaban J connectivity index is 3.28. The first-order valence-corrected chi connectivity index (χ1v) is 4.15. The predicted octanol–water partition coefficient (Wildman–Crippen LogP) is 3.31. The maximum Gasteiger partial charge on any atom is 0.0455 e. The first kappa shape index (κ1) is 8.85. The molecule has 0 aliphatic rings. The Morgan fingerprint density at radius 1 is 1.33 bits per heavy atom. The minimum Gasteiger partial charge on any atom is -0.358 e. The number of hydrogen-bond donors (Lipinski definition) is 1. The van der Waals surface area contributed by atoms with Gasteiger partial charge in [0.1, 0.15) is 0 Å². The van der Waals surface area contributed by atoms with Crippen LogP contribution >= 0.6 is 0 Å². The van der Waals surface area contributed by atoms with Gasteiger partial charge in [-0.15, -0.1) is 0 Å². The van der Waals surface area contributed by atoms with E-state index in [1.807, 2.05) is 19.1 Å². The number of H-pyrrole nitrogens is 1. The molecule has 0 spiro atoms. The molecule has 64 valence electrons. The summed E-state index contributed by atoms with van der Waals surface area (Å²) in [5.74, 6) is 0. The number of rotatable bonds is 2. The van der Waals surface area contributed by atoms with Crippen molar-refractivity contribution in [2.24, 2.45) is 0 Å². The number of allylic oxidation sites excluding steroid dienone is 1. The second-order valence-corrected chi connectivity index (χ2v) is 2.91. The van der Waals surface area contributed by atoms with Gasteiger partial charge in [0, 0.05) is 17.0 Å². The summed E-state index contributed by atoms with van der Waals surface area (Å²) in [6, 6.07) is 0. The molecule has 0 aliphatic carbocycles. The van der Waals surface area contributed by atoms with Crippen molar-refractivity contribution in [2.75, 3.05) is 0 Å². The van der Waals surface area contributed by atoms with Crippen LogP contribution in [0.5, 0.6) is 0 Å². The van der Waals surface area contributed by atoms with E-state index in [1.165, 1.54) is 16.8 Å². The fraction of sp³-hybridized carbons (Fsp3) is 0.273. The Labute approximate surface area is 73.8 Å². The van der Waals surface area contributed by atoms with E-state index in [9.17, 15) is 0 Å². The van der Waals surface area contributed by atoms with Gasteiger partial charge in [0.2, 0.25) is 0 Å². The molecule has 0 atom stereocenters. The SMILES string of the molecule is C=Cc1c(/C=C\C)[nH]c(C)c1C. The van der Waals surface area contributed by atoms with Crippen molar-refractivity contribution in [3.8, 4) is 0 Å². The summed E-state index contributed by atoms with van der Waals surface area (Å²) in [6.07, 6.45) is 5.99. The minimum absolute atomic E-state index is 1.16. The summed E-state index contributed by atoms with van der Waals surface area (Å²) in [7, 11) is 0. The summed E-state index contributed by atoms with van der Waals surface area (Å²) in [6.45, 7) is 9.99. The van der Waals surface area contributed by atoms with Gasteiger partial charge >= 0.3 is 0 Å². The highest BCUT2D eigenvalue weighted by molar-refractivity contribution is 5.66. The molecule has 1 rings (SSSR count). The Hall–Kier alpha value is -1.24. The van der Waals surface area contributed by atoms with Crippen LogP contribution in [0, 0.1) is 13.8 Å². The van der Waals surface area contributed by atoms with Crippen molar-refractivity contribution in [3.05, 3.63) is 35.2 Å². The lowest BCUT2D eigenvalue weighted by molar-refractivity contribution is 1.22. The molecular weight excluding hydrogens is 146 g/mol. The third-order valence-electron chi connectivity index (χ3n) is 2.12. The van der Waals surface area contributed by atoms with Gasteiger partial charge in [0.05, 0.1) is 0 Å². The lowest BCUT2D eigenvalue weighted by Crippen LogP contribution is -1.75. The van der Waals surface area contributed by atoms with Crippen LogP contribution < -0.4 is 0 Å². The van der Waals surface area contributed by atoms with E-state index >= 15 is 0 Å². The third kappa shape index (κ3) is 1.35. The van der Waals surface area contributed by atoms with Gasteiger partial charge in [-0.05, 0) is 32.4 Å². The van der Waals surface area contributed by atoms with Gasteiger partial charge in [0.25, 0.3) is 0 Å². The van der Waals surface area contributed by atoms with Gasteiger partial charge in [0.15, 0.2) is 0 Å². The van der Waals surface area contributed by atoms with E-state index in [0.29, 0.717) is 0 Å². The van der Waals surface area contributed by atoms with Gasteiger partial charge in [-0.1, -0.05) is 18.7 Å². The molecule has 0 unspecified atom stereocenters. The minimum atomic E-state index is 1.16. The highest BCUT2D eigenvalue weighted by atomic mass is 14.7. The molecule has 0 bridgehead atoms. The van der Waals surface area contributed by atoms with Crippen LogP contribution in [0.3, 0.4) is 0 Å². The number of aromatic amines is 1. The van der Waals surface area contributed by atoms with Crippen LogP contribution in [0.25, 0.3) is 12.2 Å². The molecule has 1 aromatic rings. The summed E-state index contributed by atoms with van der Waals surface area (Å²) < 4.78 is 0. The highest BCUT2D eigenvalue weighted by Gasteiger charge is 2.04. The molecule has 1 nitrogen and oxygen atoms in total. The number of aromatic nitrogens is 1. The molecule has 0 amide bonds. The van der Waals surface area contributed by atoms with Gasteiger partial charge in [-0.25, -0.2) is 0 Å². The van der Waals surface area contributed by atoms with Crippen molar-refractivity contribution in [3.63, 3.8) is 0 Å². The Morgan fingerprint density at radius 3 is 2.50 bits per heavy atom. The molecular formula is C11H15N. The maximum atomic E-state index is 3.79. The van der Waals surface area contributed by atoms with E-state index < -0.39 is 0 Å². The summed E-state index contributed by atoms with van der Waals surface area (Å²) >= 11 is 0. The van der Waals surface area contributed by atoms with Gasteiger partial charge in [-0.2, -0.15) is 0 Å². The lowest BCUT2D eigenvalue weighted by atomic mass is 10.1. The monoisotopic (exact) mass is 161 g/mol. The van der Waals surface area contributed by atoms with Crippen LogP contribution in [0.15, 0.2) is 12.7 Å². The van der Waals surface area contributed by atoms with Crippen molar-refractivity contribution >= 4 is 12.2 Å². The zero-order valence-corrected chi connectivity index (χ0v) is 7.94. The number of hydrogen-bond acceptors (Lipinski definition) is 0. The third-order valence-corrected chi connectivity index (χ3v) is 2.12. The second kappa shape index (κ2) is 3.44. The Morgan fingerprint density at radius 2 is 2.00 bits per heavy atom.